The van der Waals surface area contributed by atoms with Crippen molar-refractivity contribution in [1.29, 1.82) is 0 Å². The molecule has 2 fully saturated rings. The van der Waals surface area contributed by atoms with E-state index in [-0.39, 0.29) is 77.8 Å². The highest BCUT2D eigenvalue weighted by atomic mass is 16.7. The monoisotopic (exact) mass is 584 g/mol. The lowest BCUT2D eigenvalue weighted by atomic mass is 9.94. The maximum absolute atomic E-state index is 12.0. The first-order chi connectivity index (χ1) is 19.1. The molecule has 2 aliphatic rings. The van der Waals surface area contributed by atoms with E-state index in [0.29, 0.717) is 10.1 Å². The number of hydrogen-bond acceptors (Lipinski definition) is 13. The molecule has 0 saturated carbocycles. The molecule has 15 nitrogen and oxygen atoms in total. The maximum Gasteiger partial charge on any atom is 0.333 e. The van der Waals surface area contributed by atoms with Crippen molar-refractivity contribution in [3.63, 3.8) is 0 Å². The smallest absolute Gasteiger partial charge is 0.333 e. The molecule has 0 bridgehead atoms. The average molecular weight is 585 g/mol. The molecule has 0 spiro atoms. The average Bonchev–Trinajstić information content (AvgIpc) is 3.38. The van der Waals surface area contributed by atoms with Gasteiger partial charge in [0.05, 0.1) is 52.1 Å². The number of carbonyl (C=O) groups excluding carboxylic acids is 8. The van der Waals surface area contributed by atoms with Crippen LogP contribution in [0.15, 0.2) is 0 Å². The van der Waals surface area contributed by atoms with Crippen molar-refractivity contribution in [3.05, 3.63) is 0 Å². The first-order valence-corrected chi connectivity index (χ1v) is 13.1. The molecule has 15 heteroatoms. The SMILES string of the molecule is CC(C)(COCC(C)(C)COC(=O)CCC(=O)ON1C(=O)CCC1=O)COC(=O)CCC(=O)ON1C(=O)CCC1=O. The van der Waals surface area contributed by atoms with E-state index in [2.05, 4.69) is 0 Å². The predicted molar refractivity (Wildman–Crippen MR) is 133 cm³/mol. The number of nitrogens with zero attached hydrogens (tertiary/aromatic N) is 2. The number of rotatable bonds is 16. The molecule has 0 unspecified atom stereocenters. The Morgan fingerprint density at radius 3 is 1.15 bits per heavy atom. The minimum Gasteiger partial charge on any atom is -0.465 e. The Morgan fingerprint density at radius 2 is 0.829 bits per heavy atom. The molecular formula is C26H36N2O13. The standard InChI is InChI=1S/C26H36N2O13/c1-25(2,15-38-21(33)9-11-23(35)40-27-17(29)5-6-18(27)30)13-37-14-26(3,4)16-39-22(34)10-12-24(36)41-28-19(31)7-8-20(28)32/h5-16H2,1-4H3. The molecule has 2 rings (SSSR count). The van der Waals surface area contributed by atoms with Crippen LogP contribution in [0.25, 0.3) is 0 Å². The number of carbonyl (C=O) groups is 8. The van der Waals surface area contributed by atoms with Crippen molar-refractivity contribution in [2.24, 2.45) is 10.8 Å². The van der Waals surface area contributed by atoms with Crippen LogP contribution in [-0.2, 0) is 62.2 Å². The van der Waals surface area contributed by atoms with Gasteiger partial charge in [0.25, 0.3) is 23.6 Å². The molecule has 0 N–H and O–H groups in total. The van der Waals surface area contributed by atoms with Crippen molar-refractivity contribution < 1.29 is 62.2 Å². The quantitative estimate of drug-likeness (QED) is 0.184. The Hall–Kier alpha value is -3.88. The molecule has 2 aliphatic heterocycles. The van der Waals surface area contributed by atoms with Crippen LogP contribution in [0, 0.1) is 10.8 Å². The van der Waals surface area contributed by atoms with Crippen LogP contribution < -0.4 is 0 Å². The van der Waals surface area contributed by atoms with Gasteiger partial charge in [-0.3, -0.25) is 28.8 Å². The molecule has 0 aromatic rings. The van der Waals surface area contributed by atoms with Gasteiger partial charge in [-0.1, -0.05) is 27.7 Å². The Kier molecular flexibility index (Phi) is 11.9. The Balaban J connectivity index is 1.59. The summed E-state index contributed by atoms with van der Waals surface area (Å²) in [4.78, 5) is 103. The van der Waals surface area contributed by atoms with Crippen LogP contribution >= 0.6 is 0 Å². The van der Waals surface area contributed by atoms with Gasteiger partial charge >= 0.3 is 23.9 Å². The molecular weight excluding hydrogens is 548 g/mol. The topological polar surface area (TPSA) is 189 Å². The first-order valence-electron chi connectivity index (χ1n) is 13.1. The third-order valence-corrected chi connectivity index (χ3v) is 5.70. The summed E-state index contributed by atoms with van der Waals surface area (Å²) in [6.07, 6.45) is -1.42. The summed E-state index contributed by atoms with van der Waals surface area (Å²) >= 11 is 0. The summed E-state index contributed by atoms with van der Waals surface area (Å²) in [5.41, 5.74) is -1.18. The first kappa shape index (κ1) is 33.3. The summed E-state index contributed by atoms with van der Waals surface area (Å²) in [5, 5.41) is 0.828. The molecule has 0 aliphatic carbocycles. The second-order valence-corrected chi connectivity index (χ2v) is 11.2. The highest BCUT2D eigenvalue weighted by molar-refractivity contribution is 6.02. The number of ether oxygens (including phenoxy) is 3. The van der Waals surface area contributed by atoms with Gasteiger partial charge in [-0.05, 0) is 0 Å². The van der Waals surface area contributed by atoms with Gasteiger partial charge in [-0.2, -0.15) is 0 Å². The van der Waals surface area contributed by atoms with Crippen molar-refractivity contribution in [2.45, 2.75) is 79.1 Å². The largest absolute Gasteiger partial charge is 0.465 e. The van der Waals surface area contributed by atoms with E-state index < -0.39 is 58.3 Å². The normalized spacial score (nSPS) is 15.8. The number of imide groups is 2. The van der Waals surface area contributed by atoms with E-state index in [0.717, 1.165) is 0 Å². The molecule has 0 radical (unpaired) electrons. The van der Waals surface area contributed by atoms with Gasteiger partial charge in [-0.25, -0.2) is 9.59 Å². The van der Waals surface area contributed by atoms with Gasteiger partial charge in [0.1, 0.15) is 0 Å². The second-order valence-electron chi connectivity index (χ2n) is 11.2. The van der Waals surface area contributed by atoms with Gasteiger partial charge in [0.15, 0.2) is 0 Å². The maximum atomic E-state index is 12.0. The molecule has 4 amide bonds. The lowest BCUT2D eigenvalue weighted by Crippen LogP contribution is -2.33. The van der Waals surface area contributed by atoms with E-state index >= 15 is 0 Å². The number of hydrogen-bond donors (Lipinski definition) is 0. The van der Waals surface area contributed by atoms with Gasteiger partial charge in [0, 0.05) is 36.5 Å². The lowest BCUT2D eigenvalue weighted by molar-refractivity contribution is -0.197. The van der Waals surface area contributed by atoms with E-state index in [1.54, 1.807) is 27.7 Å². The molecule has 228 valence electrons. The predicted octanol–water partition coefficient (Wildman–Crippen LogP) is 0.917. The van der Waals surface area contributed by atoms with Crippen LogP contribution in [-0.4, -0.2) is 84.1 Å². The van der Waals surface area contributed by atoms with Gasteiger partial charge in [0.2, 0.25) is 0 Å². The summed E-state index contributed by atoms with van der Waals surface area (Å²) in [7, 11) is 0. The van der Waals surface area contributed by atoms with Gasteiger partial charge < -0.3 is 23.9 Å². The zero-order chi connectivity index (χ0) is 30.8. The lowest BCUT2D eigenvalue weighted by Gasteiger charge is -2.28. The molecule has 41 heavy (non-hydrogen) atoms. The van der Waals surface area contributed by atoms with Crippen molar-refractivity contribution >= 4 is 47.5 Å². The Bertz CT molecular complexity index is 952. The summed E-state index contributed by atoms with van der Waals surface area (Å²) in [6, 6.07) is 0. The van der Waals surface area contributed by atoms with E-state index in [4.69, 9.17) is 23.9 Å². The van der Waals surface area contributed by atoms with E-state index in [9.17, 15) is 38.4 Å². The molecule has 0 aromatic heterocycles. The van der Waals surface area contributed by atoms with Crippen LogP contribution in [0.5, 0.6) is 0 Å². The summed E-state index contributed by atoms with van der Waals surface area (Å²) in [5.74, 6) is -5.55. The molecule has 2 heterocycles. The Morgan fingerprint density at radius 1 is 0.537 bits per heavy atom. The number of hydroxylamine groups is 4. The van der Waals surface area contributed by atoms with E-state index in [1.165, 1.54) is 0 Å². The Labute approximate surface area is 236 Å². The third kappa shape index (κ3) is 11.6. The van der Waals surface area contributed by atoms with Crippen LogP contribution in [0.4, 0.5) is 0 Å². The zero-order valence-corrected chi connectivity index (χ0v) is 23.7. The van der Waals surface area contributed by atoms with Crippen LogP contribution in [0.1, 0.15) is 79.1 Å². The molecule has 2 saturated heterocycles. The van der Waals surface area contributed by atoms with Crippen LogP contribution in [0.2, 0.25) is 0 Å². The fourth-order valence-electron chi connectivity index (χ4n) is 3.40. The molecule has 0 atom stereocenters. The highest BCUT2D eigenvalue weighted by Gasteiger charge is 2.34. The number of esters is 2. The summed E-state index contributed by atoms with van der Waals surface area (Å²) in [6.45, 7) is 7.57. The van der Waals surface area contributed by atoms with Crippen molar-refractivity contribution in [1.82, 2.24) is 10.1 Å². The van der Waals surface area contributed by atoms with Crippen molar-refractivity contribution in [2.75, 3.05) is 26.4 Å². The fourth-order valence-corrected chi connectivity index (χ4v) is 3.40. The third-order valence-electron chi connectivity index (χ3n) is 5.70. The van der Waals surface area contributed by atoms with Gasteiger partial charge in [-0.15, -0.1) is 10.1 Å². The minimum absolute atomic E-state index is 0.00981. The highest BCUT2D eigenvalue weighted by Crippen LogP contribution is 2.22. The van der Waals surface area contributed by atoms with Crippen molar-refractivity contribution in [3.8, 4) is 0 Å². The molecule has 0 aromatic carbocycles. The summed E-state index contributed by atoms with van der Waals surface area (Å²) < 4.78 is 16.2. The zero-order valence-electron chi connectivity index (χ0n) is 23.7. The van der Waals surface area contributed by atoms with Crippen LogP contribution in [0.3, 0.4) is 0 Å². The number of amides is 4. The fraction of sp³-hybridized carbons (Fsp3) is 0.692. The second kappa shape index (κ2) is 14.7. The minimum atomic E-state index is -0.897. The van der Waals surface area contributed by atoms with E-state index in [1.807, 2.05) is 0 Å².